The molecule has 1 N–H and O–H groups in total. The molecule has 0 saturated carbocycles. The third-order valence-electron chi connectivity index (χ3n) is 2.23. The molecule has 0 fully saturated rings. The molecule has 0 bridgehead atoms. The monoisotopic (exact) mass is 260 g/mol. The molecule has 0 spiro atoms. The van der Waals surface area contributed by atoms with Gasteiger partial charge in [-0.3, -0.25) is 15.5 Å². The van der Waals surface area contributed by atoms with Gasteiger partial charge in [0.25, 0.3) is 5.69 Å². The predicted octanol–water partition coefficient (Wildman–Crippen LogP) is 3.84. The number of benzene rings is 2. The second kappa shape index (κ2) is 5.67. The van der Waals surface area contributed by atoms with Crippen LogP contribution in [0.25, 0.3) is 0 Å². The van der Waals surface area contributed by atoms with Gasteiger partial charge in [-0.15, -0.1) is 5.11 Å². The average molecular weight is 260 g/mol. The van der Waals surface area contributed by atoms with Gasteiger partial charge >= 0.3 is 0 Å². The summed E-state index contributed by atoms with van der Waals surface area (Å²) >= 11 is 0. The average Bonchev–Trinajstić information content (AvgIpc) is 2.41. The van der Waals surface area contributed by atoms with E-state index in [1.165, 1.54) is 42.5 Å². The molecule has 7 heteroatoms. The smallest absolute Gasteiger partial charge is 0.260 e. The van der Waals surface area contributed by atoms with Crippen molar-refractivity contribution in [1.29, 1.82) is 0 Å². The first-order chi connectivity index (χ1) is 9.15. The quantitative estimate of drug-likeness (QED) is 0.515. The van der Waals surface area contributed by atoms with E-state index in [0.717, 1.165) is 0 Å². The summed E-state index contributed by atoms with van der Waals surface area (Å²) in [5.41, 5.74) is 3.44. The molecule has 0 aromatic heterocycles. The summed E-state index contributed by atoms with van der Waals surface area (Å²) in [6, 6.07) is 11.3. The van der Waals surface area contributed by atoms with Crippen LogP contribution in [0.15, 0.2) is 58.9 Å². The van der Waals surface area contributed by atoms with Gasteiger partial charge in [-0.25, -0.2) is 4.39 Å². The number of rotatable bonds is 4. The van der Waals surface area contributed by atoms with E-state index >= 15 is 0 Å². The molecule has 0 aliphatic heterocycles. The first kappa shape index (κ1) is 12.6. The van der Waals surface area contributed by atoms with Crippen LogP contribution in [0.4, 0.5) is 21.5 Å². The van der Waals surface area contributed by atoms with Gasteiger partial charge in [0.2, 0.25) is 0 Å². The molecule has 2 aromatic rings. The number of nitrogens with one attached hydrogen (secondary N) is 1. The van der Waals surface area contributed by atoms with Crippen LogP contribution in [-0.2, 0) is 0 Å². The zero-order valence-corrected chi connectivity index (χ0v) is 9.65. The standard InChI is InChI=1S/C12H9FN4O2/c13-9-4-6-10(7-5-9)14-16-15-11-2-1-3-12(8-11)17(18)19/h1-8H,(H,14,15). The van der Waals surface area contributed by atoms with E-state index in [9.17, 15) is 14.5 Å². The molecule has 0 heterocycles. The van der Waals surface area contributed by atoms with Gasteiger partial charge in [-0.1, -0.05) is 11.3 Å². The first-order valence-corrected chi connectivity index (χ1v) is 5.32. The number of non-ortho nitro benzene ring substituents is 1. The van der Waals surface area contributed by atoms with Crippen LogP contribution in [0, 0.1) is 15.9 Å². The highest BCUT2D eigenvalue weighted by Gasteiger charge is 2.04. The summed E-state index contributed by atoms with van der Waals surface area (Å²) < 4.78 is 12.6. The minimum absolute atomic E-state index is 0.0398. The Balaban J connectivity index is 2.04. The summed E-state index contributed by atoms with van der Waals surface area (Å²) in [5, 5.41) is 18.0. The van der Waals surface area contributed by atoms with E-state index in [1.54, 1.807) is 6.07 Å². The van der Waals surface area contributed by atoms with E-state index < -0.39 is 4.92 Å². The molecular formula is C12H9FN4O2. The molecule has 0 atom stereocenters. The van der Waals surface area contributed by atoms with E-state index in [1.807, 2.05) is 0 Å². The maximum Gasteiger partial charge on any atom is 0.271 e. The molecule has 6 nitrogen and oxygen atoms in total. The van der Waals surface area contributed by atoms with Crippen LogP contribution in [0.2, 0.25) is 0 Å². The normalized spacial score (nSPS) is 10.6. The lowest BCUT2D eigenvalue weighted by Gasteiger charge is -1.98. The zero-order chi connectivity index (χ0) is 13.7. The zero-order valence-electron chi connectivity index (χ0n) is 9.65. The number of nitrogens with zero attached hydrogens (tertiary/aromatic N) is 3. The molecule has 0 amide bonds. The summed E-state index contributed by atoms with van der Waals surface area (Å²) in [6.45, 7) is 0. The molecule has 2 rings (SSSR count). The largest absolute Gasteiger partial charge is 0.271 e. The maximum atomic E-state index is 12.6. The molecule has 96 valence electrons. The highest BCUT2D eigenvalue weighted by Crippen LogP contribution is 2.18. The number of nitro benzene ring substituents is 1. The third-order valence-corrected chi connectivity index (χ3v) is 2.23. The Bertz CT molecular complexity index is 613. The molecular weight excluding hydrogens is 251 g/mol. The van der Waals surface area contributed by atoms with E-state index in [2.05, 4.69) is 15.8 Å². The SMILES string of the molecule is O=[N+]([O-])c1cccc(NN=Nc2ccc(F)cc2)c1. The Morgan fingerprint density at radius 1 is 1.16 bits per heavy atom. The fraction of sp³-hybridized carbons (Fsp3) is 0. The van der Waals surface area contributed by atoms with Crippen LogP contribution in [0.1, 0.15) is 0 Å². The van der Waals surface area contributed by atoms with Gasteiger partial charge in [0.05, 0.1) is 16.3 Å². The lowest BCUT2D eigenvalue weighted by atomic mass is 10.3. The van der Waals surface area contributed by atoms with Crippen molar-refractivity contribution in [2.75, 3.05) is 5.43 Å². The van der Waals surface area contributed by atoms with Gasteiger partial charge in [0, 0.05) is 12.1 Å². The number of nitro groups is 1. The highest BCUT2D eigenvalue weighted by molar-refractivity contribution is 5.50. The fourth-order valence-electron chi connectivity index (χ4n) is 1.34. The van der Waals surface area contributed by atoms with Crippen molar-refractivity contribution in [2.45, 2.75) is 0 Å². The summed E-state index contributed by atoms with van der Waals surface area (Å²) in [7, 11) is 0. The minimum atomic E-state index is -0.498. The van der Waals surface area contributed by atoms with Crippen molar-refractivity contribution >= 4 is 17.1 Å². The van der Waals surface area contributed by atoms with Crippen LogP contribution >= 0.6 is 0 Å². The Labute approximate surface area is 107 Å². The van der Waals surface area contributed by atoms with Gasteiger partial charge in [-0.2, -0.15) is 0 Å². The molecule has 0 aliphatic rings. The predicted molar refractivity (Wildman–Crippen MR) is 67.6 cm³/mol. The number of hydrogen-bond acceptors (Lipinski definition) is 4. The summed E-state index contributed by atoms with van der Waals surface area (Å²) in [4.78, 5) is 10.1. The van der Waals surface area contributed by atoms with Gasteiger partial charge in [0.1, 0.15) is 5.82 Å². The molecule has 0 radical (unpaired) electrons. The number of hydrogen-bond donors (Lipinski definition) is 1. The van der Waals surface area contributed by atoms with E-state index in [4.69, 9.17) is 0 Å². The fourth-order valence-corrected chi connectivity index (χ4v) is 1.34. The minimum Gasteiger partial charge on any atom is -0.260 e. The Hall–Kier alpha value is -2.83. The van der Waals surface area contributed by atoms with Gasteiger partial charge in [0.15, 0.2) is 0 Å². The van der Waals surface area contributed by atoms with E-state index in [0.29, 0.717) is 11.4 Å². The number of anilines is 1. The molecule has 0 unspecified atom stereocenters. The second-order valence-electron chi connectivity index (χ2n) is 3.60. The van der Waals surface area contributed by atoms with Crippen molar-refractivity contribution in [3.63, 3.8) is 0 Å². The van der Waals surface area contributed by atoms with Crippen LogP contribution in [0.3, 0.4) is 0 Å². The third kappa shape index (κ3) is 3.56. The van der Waals surface area contributed by atoms with Crippen molar-refractivity contribution in [3.8, 4) is 0 Å². The van der Waals surface area contributed by atoms with Crippen LogP contribution in [-0.4, -0.2) is 4.92 Å². The maximum absolute atomic E-state index is 12.6. The topological polar surface area (TPSA) is 79.9 Å². The molecule has 2 aromatic carbocycles. The lowest BCUT2D eigenvalue weighted by molar-refractivity contribution is -0.384. The Morgan fingerprint density at radius 2 is 1.89 bits per heavy atom. The summed E-state index contributed by atoms with van der Waals surface area (Å²) in [6.07, 6.45) is 0. The lowest BCUT2D eigenvalue weighted by Crippen LogP contribution is -1.90. The molecule has 0 aliphatic carbocycles. The molecule has 19 heavy (non-hydrogen) atoms. The number of halogens is 1. The van der Waals surface area contributed by atoms with E-state index in [-0.39, 0.29) is 11.5 Å². The van der Waals surface area contributed by atoms with Crippen molar-refractivity contribution in [3.05, 3.63) is 64.5 Å². The first-order valence-electron chi connectivity index (χ1n) is 5.32. The Morgan fingerprint density at radius 3 is 2.58 bits per heavy atom. The molecule has 0 saturated heterocycles. The van der Waals surface area contributed by atoms with Gasteiger partial charge in [-0.05, 0) is 30.3 Å². The van der Waals surface area contributed by atoms with Crippen LogP contribution in [0.5, 0.6) is 0 Å². The van der Waals surface area contributed by atoms with Crippen molar-refractivity contribution < 1.29 is 9.31 Å². The van der Waals surface area contributed by atoms with Crippen molar-refractivity contribution in [2.24, 2.45) is 10.3 Å². The Kier molecular flexibility index (Phi) is 3.77. The van der Waals surface area contributed by atoms with Gasteiger partial charge < -0.3 is 0 Å². The van der Waals surface area contributed by atoms with Crippen LogP contribution < -0.4 is 5.43 Å². The van der Waals surface area contributed by atoms with Crippen molar-refractivity contribution in [1.82, 2.24) is 0 Å². The second-order valence-corrected chi connectivity index (χ2v) is 3.60. The summed E-state index contributed by atoms with van der Waals surface area (Å²) in [5.74, 6) is -0.356. The highest BCUT2D eigenvalue weighted by atomic mass is 19.1.